The van der Waals surface area contributed by atoms with Crippen LogP contribution in [-0.4, -0.2) is 11.3 Å². The Kier molecular flexibility index (Phi) is 2.16. The normalized spacial score (nSPS) is 22.5. The lowest BCUT2D eigenvalue weighted by Crippen LogP contribution is -2.33. The zero-order valence-electron chi connectivity index (χ0n) is 8.55. The lowest BCUT2D eigenvalue weighted by atomic mass is 10.1. The highest BCUT2D eigenvalue weighted by molar-refractivity contribution is 8.01. The molecule has 1 nitrogen and oxygen atoms in total. The van der Waals surface area contributed by atoms with Crippen molar-refractivity contribution in [1.29, 1.82) is 0 Å². The third kappa shape index (κ3) is 1.53. The van der Waals surface area contributed by atoms with E-state index >= 15 is 0 Å². The number of thioether (sulfide) groups is 1. The predicted octanol–water partition coefficient (Wildman–Crippen LogP) is 3.66. The van der Waals surface area contributed by atoms with Crippen LogP contribution in [0.15, 0.2) is 23.1 Å². The van der Waals surface area contributed by atoms with E-state index < -0.39 is 0 Å². The standard InChI is InChI=1S/C12H14FNS/c13-9-4-3-5-10-11(9)14-8-12(15-10)6-1-2-7-12/h3-5,14H,1-2,6-8H2. The van der Waals surface area contributed by atoms with Gasteiger partial charge in [-0.1, -0.05) is 18.9 Å². The Hall–Kier alpha value is -0.700. The summed E-state index contributed by atoms with van der Waals surface area (Å²) in [6.45, 7) is 0.922. The van der Waals surface area contributed by atoms with Gasteiger partial charge < -0.3 is 5.32 Å². The zero-order chi connectivity index (χ0) is 10.3. The summed E-state index contributed by atoms with van der Waals surface area (Å²) in [4.78, 5) is 1.09. The van der Waals surface area contributed by atoms with Crippen molar-refractivity contribution in [2.45, 2.75) is 35.3 Å². The second-order valence-corrected chi connectivity index (χ2v) is 5.97. The molecule has 0 aromatic heterocycles. The number of nitrogens with one attached hydrogen (secondary N) is 1. The van der Waals surface area contributed by atoms with E-state index in [1.807, 2.05) is 17.8 Å². The maximum atomic E-state index is 13.5. The van der Waals surface area contributed by atoms with E-state index in [0.29, 0.717) is 10.4 Å². The number of hydrogen-bond acceptors (Lipinski definition) is 2. The highest BCUT2D eigenvalue weighted by atomic mass is 32.2. The van der Waals surface area contributed by atoms with Crippen LogP contribution < -0.4 is 5.32 Å². The number of anilines is 1. The second kappa shape index (κ2) is 3.41. The number of rotatable bonds is 0. The molecule has 0 radical (unpaired) electrons. The van der Waals surface area contributed by atoms with E-state index in [1.165, 1.54) is 31.7 Å². The van der Waals surface area contributed by atoms with Crippen LogP contribution in [0.3, 0.4) is 0 Å². The lowest BCUT2D eigenvalue weighted by Gasteiger charge is -2.34. The predicted molar refractivity (Wildman–Crippen MR) is 61.9 cm³/mol. The first-order valence-corrected chi connectivity index (χ1v) is 6.32. The second-order valence-electron chi connectivity index (χ2n) is 4.46. The smallest absolute Gasteiger partial charge is 0.147 e. The molecule has 1 fully saturated rings. The fraction of sp³-hybridized carbons (Fsp3) is 0.500. The molecule has 0 bridgehead atoms. The van der Waals surface area contributed by atoms with E-state index in [0.717, 1.165) is 11.4 Å². The van der Waals surface area contributed by atoms with Crippen LogP contribution in [0.4, 0.5) is 10.1 Å². The molecular weight excluding hydrogens is 209 g/mol. The van der Waals surface area contributed by atoms with Crippen molar-refractivity contribution in [2.75, 3.05) is 11.9 Å². The molecule has 1 aliphatic carbocycles. The van der Waals surface area contributed by atoms with Crippen molar-refractivity contribution < 1.29 is 4.39 Å². The molecule has 0 atom stereocenters. The lowest BCUT2D eigenvalue weighted by molar-refractivity contribution is 0.602. The average Bonchev–Trinajstić information content (AvgIpc) is 2.66. The third-order valence-corrected chi connectivity index (χ3v) is 4.95. The fourth-order valence-electron chi connectivity index (χ4n) is 2.58. The van der Waals surface area contributed by atoms with Crippen LogP contribution in [0.25, 0.3) is 0 Å². The Morgan fingerprint density at radius 3 is 2.87 bits per heavy atom. The minimum Gasteiger partial charge on any atom is -0.380 e. The average molecular weight is 223 g/mol. The van der Waals surface area contributed by atoms with Crippen molar-refractivity contribution in [1.82, 2.24) is 0 Å². The van der Waals surface area contributed by atoms with Crippen LogP contribution in [0.5, 0.6) is 0 Å². The molecule has 80 valence electrons. The summed E-state index contributed by atoms with van der Waals surface area (Å²) in [5, 5.41) is 3.27. The Bertz CT molecular complexity index is 385. The quantitative estimate of drug-likeness (QED) is 0.720. The molecule has 0 saturated heterocycles. The topological polar surface area (TPSA) is 12.0 Å². The number of para-hydroxylation sites is 1. The van der Waals surface area contributed by atoms with Gasteiger partial charge in [0.05, 0.1) is 5.69 Å². The van der Waals surface area contributed by atoms with E-state index in [1.54, 1.807) is 6.07 Å². The minimum atomic E-state index is -0.118. The van der Waals surface area contributed by atoms with Crippen LogP contribution >= 0.6 is 11.8 Å². The summed E-state index contributed by atoms with van der Waals surface area (Å²) < 4.78 is 13.8. The van der Waals surface area contributed by atoms with E-state index in [-0.39, 0.29) is 5.82 Å². The third-order valence-electron chi connectivity index (χ3n) is 3.40. The zero-order valence-corrected chi connectivity index (χ0v) is 9.37. The molecule has 15 heavy (non-hydrogen) atoms. The van der Waals surface area contributed by atoms with Crippen molar-refractivity contribution in [3.63, 3.8) is 0 Å². The monoisotopic (exact) mass is 223 g/mol. The molecule has 2 aliphatic rings. The first-order chi connectivity index (χ1) is 7.29. The maximum absolute atomic E-state index is 13.5. The van der Waals surface area contributed by atoms with Gasteiger partial charge in [0, 0.05) is 16.2 Å². The van der Waals surface area contributed by atoms with Crippen LogP contribution in [0.1, 0.15) is 25.7 Å². The Balaban J connectivity index is 1.96. The molecule has 0 amide bonds. The molecule has 1 aliphatic heterocycles. The maximum Gasteiger partial charge on any atom is 0.147 e. The molecule has 3 rings (SSSR count). The molecule has 0 unspecified atom stereocenters. The number of benzene rings is 1. The summed E-state index contributed by atoms with van der Waals surface area (Å²) in [6, 6.07) is 5.35. The van der Waals surface area contributed by atoms with Crippen molar-refractivity contribution in [3.05, 3.63) is 24.0 Å². The van der Waals surface area contributed by atoms with Gasteiger partial charge in [0.2, 0.25) is 0 Å². The number of hydrogen-bond donors (Lipinski definition) is 1. The van der Waals surface area contributed by atoms with Crippen molar-refractivity contribution in [2.24, 2.45) is 0 Å². The molecule has 1 saturated carbocycles. The Labute approximate surface area is 93.4 Å². The largest absolute Gasteiger partial charge is 0.380 e. The van der Waals surface area contributed by atoms with Gasteiger partial charge in [-0.3, -0.25) is 0 Å². The van der Waals surface area contributed by atoms with Gasteiger partial charge in [-0.05, 0) is 25.0 Å². The summed E-state index contributed by atoms with van der Waals surface area (Å²) in [7, 11) is 0. The summed E-state index contributed by atoms with van der Waals surface area (Å²) in [6.07, 6.45) is 5.17. The minimum absolute atomic E-state index is 0.118. The molecule has 1 aromatic rings. The molecule has 1 aromatic carbocycles. The Morgan fingerprint density at radius 2 is 2.07 bits per heavy atom. The summed E-state index contributed by atoms with van der Waals surface area (Å²) in [5.74, 6) is -0.118. The molecule has 3 heteroatoms. The molecular formula is C12H14FNS. The van der Waals surface area contributed by atoms with E-state index in [4.69, 9.17) is 0 Å². The fourth-order valence-corrected chi connectivity index (χ4v) is 4.10. The van der Waals surface area contributed by atoms with Crippen LogP contribution in [0, 0.1) is 5.82 Å². The number of halogens is 1. The van der Waals surface area contributed by atoms with E-state index in [9.17, 15) is 4.39 Å². The van der Waals surface area contributed by atoms with Gasteiger partial charge in [0.25, 0.3) is 0 Å². The van der Waals surface area contributed by atoms with Crippen LogP contribution in [0.2, 0.25) is 0 Å². The molecule has 1 heterocycles. The SMILES string of the molecule is Fc1cccc2c1NCC1(CCCC1)S2. The van der Waals surface area contributed by atoms with Crippen molar-refractivity contribution in [3.8, 4) is 0 Å². The molecule has 1 spiro atoms. The Morgan fingerprint density at radius 1 is 1.27 bits per heavy atom. The highest BCUT2D eigenvalue weighted by Crippen LogP contribution is 2.50. The summed E-state index contributed by atoms with van der Waals surface area (Å²) >= 11 is 1.88. The van der Waals surface area contributed by atoms with Crippen LogP contribution in [-0.2, 0) is 0 Å². The summed E-state index contributed by atoms with van der Waals surface area (Å²) in [5.41, 5.74) is 0.708. The first-order valence-electron chi connectivity index (χ1n) is 5.51. The van der Waals surface area contributed by atoms with Gasteiger partial charge >= 0.3 is 0 Å². The van der Waals surface area contributed by atoms with Gasteiger partial charge in [0.1, 0.15) is 5.82 Å². The van der Waals surface area contributed by atoms with E-state index in [2.05, 4.69) is 5.32 Å². The van der Waals surface area contributed by atoms with Gasteiger partial charge in [0.15, 0.2) is 0 Å². The highest BCUT2D eigenvalue weighted by Gasteiger charge is 2.38. The van der Waals surface area contributed by atoms with Crippen molar-refractivity contribution >= 4 is 17.4 Å². The van der Waals surface area contributed by atoms with Gasteiger partial charge in [-0.25, -0.2) is 4.39 Å². The number of fused-ring (bicyclic) bond motifs is 1. The van der Waals surface area contributed by atoms with Gasteiger partial charge in [-0.15, -0.1) is 11.8 Å². The first kappa shape index (κ1) is 9.52. The van der Waals surface area contributed by atoms with Gasteiger partial charge in [-0.2, -0.15) is 0 Å². The molecule has 1 N–H and O–H groups in total.